The van der Waals surface area contributed by atoms with Gasteiger partial charge in [-0.05, 0) is 17.7 Å². The Morgan fingerprint density at radius 1 is 1.00 bits per heavy atom. The lowest BCUT2D eigenvalue weighted by Crippen LogP contribution is -1.99. The van der Waals surface area contributed by atoms with Crippen molar-refractivity contribution in [3.8, 4) is 11.6 Å². The van der Waals surface area contributed by atoms with E-state index in [9.17, 15) is 0 Å². The number of halogens is 2. The highest BCUT2D eigenvalue weighted by Crippen LogP contribution is 2.34. The largest absolute Gasteiger partial charge is 0.438 e. The maximum absolute atomic E-state index is 6.20. The molecule has 0 saturated heterocycles. The number of pyridine rings is 1. The Bertz CT molecular complexity index is 805. The number of ether oxygens (including phenoxy) is 1. The molecule has 0 amide bonds. The molecule has 0 radical (unpaired) electrons. The summed E-state index contributed by atoms with van der Waals surface area (Å²) in [5.74, 6) is 1.14. The Kier molecular flexibility index (Phi) is 3.97. The number of hydrogen-bond acceptors (Lipinski definition) is 3. The molecule has 3 rings (SSSR count). The molecule has 21 heavy (non-hydrogen) atoms. The average Bonchev–Trinajstić information content (AvgIpc) is 2.52. The summed E-state index contributed by atoms with van der Waals surface area (Å²) in [6, 6.07) is 13.1. The number of nitrogens with two attached hydrogens (primary N) is 1. The third-order valence-electron chi connectivity index (χ3n) is 3.17. The van der Waals surface area contributed by atoms with Crippen LogP contribution in [0, 0.1) is 0 Å². The number of nitrogens with zero attached hydrogens (tertiary/aromatic N) is 1. The van der Waals surface area contributed by atoms with Crippen molar-refractivity contribution in [3.05, 3.63) is 64.3 Å². The summed E-state index contributed by atoms with van der Waals surface area (Å²) in [7, 11) is 0. The predicted octanol–water partition coefficient (Wildman–Crippen LogP) is 4.79. The third-order valence-corrected chi connectivity index (χ3v) is 3.84. The second kappa shape index (κ2) is 5.90. The lowest BCUT2D eigenvalue weighted by atomic mass is 10.1. The van der Waals surface area contributed by atoms with Crippen LogP contribution in [0.1, 0.15) is 5.56 Å². The molecule has 1 heterocycles. The first kappa shape index (κ1) is 14.1. The molecular formula is C16H12Cl2N2O. The SMILES string of the molecule is NCc1cc(Oc2ccc(Cl)c3ccccc23)ncc1Cl. The van der Waals surface area contributed by atoms with Crippen LogP contribution >= 0.6 is 23.2 Å². The first-order valence-corrected chi connectivity index (χ1v) is 7.14. The fourth-order valence-electron chi connectivity index (χ4n) is 2.11. The molecule has 3 aromatic rings. The third kappa shape index (κ3) is 2.81. The molecule has 2 aromatic carbocycles. The molecule has 5 heteroatoms. The zero-order valence-corrected chi connectivity index (χ0v) is 12.5. The number of rotatable bonds is 3. The molecule has 0 aliphatic carbocycles. The number of benzene rings is 2. The summed E-state index contributed by atoms with van der Waals surface area (Å²) in [6.45, 7) is 0.332. The summed E-state index contributed by atoms with van der Waals surface area (Å²) in [5.41, 5.74) is 6.43. The molecule has 0 spiro atoms. The predicted molar refractivity (Wildman–Crippen MR) is 86.2 cm³/mol. The highest BCUT2D eigenvalue weighted by Gasteiger charge is 2.08. The Morgan fingerprint density at radius 2 is 1.76 bits per heavy atom. The van der Waals surface area contributed by atoms with Crippen molar-refractivity contribution in [1.82, 2.24) is 4.98 Å². The van der Waals surface area contributed by atoms with Gasteiger partial charge in [-0.3, -0.25) is 0 Å². The minimum Gasteiger partial charge on any atom is -0.438 e. The minimum atomic E-state index is 0.332. The van der Waals surface area contributed by atoms with E-state index in [0.29, 0.717) is 28.2 Å². The van der Waals surface area contributed by atoms with E-state index in [1.165, 1.54) is 6.20 Å². The highest BCUT2D eigenvalue weighted by molar-refractivity contribution is 6.35. The summed E-state index contributed by atoms with van der Waals surface area (Å²) >= 11 is 12.2. The Labute approximate surface area is 132 Å². The van der Waals surface area contributed by atoms with Crippen molar-refractivity contribution in [2.75, 3.05) is 0 Å². The molecule has 0 unspecified atom stereocenters. The zero-order valence-electron chi connectivity index (χ0n) is 11.0. The fraction of sp³-hybridized carbons (Fsp3) is 0.0625. The molecule has 2 N–H and O–H groups in total. The van der Waals surface area contributed by atoms with Crippen LogP contribution in [0.2, 0.25) is 10.0 Å². The van der Waals surface area contributed by atoms with E-state index in [2.05, 4.69) is 4.98 Å². The van der Waals surface area contributed by atoms with Gasteiger partial charge in [-0.1, -0.05) is 47.5 Å². The first-order valence-electron chi connectivity index (χ1n) is 6.38. The molecule has 0 aliphatic rings. The van der Waals surface area contributed by atoms with Crippen LogP contribution in [-0.2, 0) is 6.54 Å². The molecule has 0 bridgehead atoms. The summed E-state index contributed by atoms with van der Waals surface area (Å²) in [6.07, 6.45) is 1.54. The van der Waals surface area contributed by atoms with E-state index in [-0.39, 0.29) is 0 Å². The van der Waals surface area contributed by atoms with Gasteiger partial charge >= 0.3 is 0 Å². The summed E-state index contributed by atoms with van der Waals surface area (Å²) in [5, 5.41) is 3.08. The Morgan fingerprint density at radius 3 is 2.52 bits per heavy atom. The van der Waals surface area contributed by atoms with Crippen molar-refractivity contribution < 1.29 is 4.74 Å². The van der Waals surface area contributed by atoms with Crippen LogP contribution in [0.4, 0.5) is 0 Å². The molecule has 0 fully saturated rings. The van der Waals surface area contributed by atoms with Gasteiger partial charge in [0.15, 0.2) is 0 Å². The maximum Gasteiger partial charge on any atom is 0.219 e. The van der Waals surface area contributed by atoms with Crippen LogP contribution in [-0.4, -0.2) is 4.98 Å². The highest BCUT2D eigenvalue weighted by atomic mass is 35.5. The van der Waals surface area contributed by atoms with Gasteiger partial charge in [-0.15, -0.1) is 0 Å². The molecule has 0 aliphatic heterocycles. The average molecular weight is 319 g/mol. The van der Waals surface area contributed by atoms with Crippen molar-refractivity contribution in [1.29, 1.82) is 0 Å². The Hall–Kier alpha value is -1.81. The molecule has 3 nitrogen and oxygen atoms in total. The van der Waals surface area contributed by atoms with Gasteiger partial charge in [0, 0.05) is 34.6 Å². The van der Waals surface area contributed by atoms with E-state index >= 15 is 0 Å². The quantitative estimate of drug-likeness (QED) is 0.755. The second-order valence-corrected chi connectivity index (χ2v) is 5.33. The van der Waals surface area contributed by atoms with Crippen molar-refractivity contribution in [3.63, 3.8) is 0 Å². The van der Waals surface area contributed by atoms with Crippen molar-refractivity contribution >= 4 is 34.0 Å². The minimum absolute atomic E-state index is 0.332. The number of fused-ring (bicyclic) bond motifs is 1. The monoisotopic (exact) mass is 318 g/mol. The smallest absolute Gasteiger partial charge is 0.219 e. The molecular weight excluding hydrogens is 307 g/mol. The molecule has 1 aromatic heterocycles. The molecule has 0 atom stereocenters. The van der Waals surface area contributed by atoms with Crippen LogP contribution in [0.3, 0.4) is 0 Å². The molecule has 106 valence electrons. The first-order chi connectivity index (χ1) is 10.2. The van der Waals surface area contributed by atoms with Gasteiger partial charge in [-0.2, -0.15) is 0 Å². The Balaban J connectivity index is 2.04. The van der Waals surface area contributed by atoms with Crippen molar-refractivity contribution in [2.24, 2.45) is 5.73 Å². The van der Waals surface area contributed by atoms with E-state index in [1.54, 1.807) is 12.1 Å². The van der Waals surface area contributed by atoms with Crippen LogP contribution < -0.4 is 10.5 Å². The van der Waals surface area contributed by atoms with E-state index in [0.717, 1.165) is 16.3 Å². The van der Waals surface area contributed by atoms with Gasteiger partial charge < -0.3 is 10.5 Å². The second-order valence-electron chi connectivity index (χ2n) is 4.51. The fourth-order valence-corrected chi connectivity index (χ4v) is 2.52. The van der Waals surface area contributed by atoms with E-state index < -0.39 is 0 Å². The van der Waals surface area contributed by atoms with Crippen molar-refractivity contribution in [2.45, 2.75) is 6.54 Å². The summed E-state index contributed by atoms with van der Waals surface area (Å²) < 4.78 is 5.86. The van der Waals surface area contributed by atoms with Gasteiger partial charge in [0.1, 0.15) is 5.75 Å². The van der Waals surface area contributed by atoms with E-state index in [1.807, 2.05) is 30.3 Å². The number of hydrogen-bond donors (Lipinski definition) is 1. The lowest BCUT2D eigenvalue weighted by Gasteiger charge is -2.10. The van der Waals surface area contributed by atoms with Gasteiger partial charge in [0.2, 0.25) is 5.88 Å². The lowest BCUT2D eigenvalue weighted by molar-refractivity contribution is 0.467. The van der Waals surface area contributed by atoms with Gasteiger partial charge in [0.25, 0.3) is 0 Å². The number of aromatic nitrogens is 1. The summed E-state index contributed by atoms with van der Waals surface area (Å²) in [4.78, 5) is 4.17. The van der Waals surface area contributed by atoms with E-state index in [4.69, 9.17) is 33.7 Å². The maximum atomic E-state index is 6.20. The van der Waals surface area contributed by atoms with Crippen LogP contribution in [0.5, 0.6) is 11.6 Å². The van der Waals surface area contributed by atoms with Gasteiger partial charge in [-0.25, -0.2) is 4.98 Å². The van der Waals surface area contributed by atoms with Gasteiger partial charge in [0.05, 0.1) is 5.02 Å². The molecule has 0 saturated carbocycles. The van der Waals surface area contributed by atoms with Crippen LogP contribution in [0.15, 0.2) is 48.7 Å². The van der Waals surface area contributed by atoms with Crippen LogP contribution in [0.25, 0.3) is 10.8 Å². The standard InChI is InChI=1S/C16H12Cl2N2O/c17-13-5-6-15(12-4-2-1-3-11(12)13)21-16-7-10(8-19)14(18)9-20-16/h1-7,9H,8,19H2. The zero-order chi connectivity index (χ0) is 14.8. The normalized spacial score (nSPS) is 10.8. The topological polar surface area (TPSA) is 48.1 Å².